The topological polar surface area (TPSA) is 12.0 Å². The van der Waals surface area contributed by atoms with E-state index in [9.17, 15) is 0 Å². The number of fused-ring (bicyclic) bond motifs is 1. The lowest BCUT2D eigenvalue weighted by Gasteiger charge is -2.33. The van der Waals surface area contributed by atoms with Crippen LogP contribution in [0.1, 0.15) is 52.9 Å². The molecule has 0 amide bonds. The summed E-state index contributed by atoms with van der Waals surface area (Å²) >= 11 is 0. The van der Waals surface area contributed by atoms with Crippen LogP contribution in [-0.2, 0) is 0 Å². The van der Waals surface area contributed by atoms with Crippen molar-refractivity contribution in [3.63, 3.8) is 0 Å². The summed E-state index contributed by atoms with van der Waals surface area (Å²) in [7, 11) is 0. The van der Waals surface area contributed by atoms with Crippen LogP contribution >= 0.6 is 0 Å². The lowest BCUT2D eigenvalue weighted by Crippen LogP contribution is -2.34. The molecule has 2 saturated carbocycles. The van der Waals surface area contributed by atoms with E-state index in [0.717, 1.165) is 17.8 Å². The summed E-state index contributed by atoms with van der Waals surface area (Å²) in [4.78, 5) is 0. The molecule has 15 heavy (non-hydrogen) atoms. The van der Waals surface area contributed by atoms with E-state index in [-0.39, 0.29) is 0 Å². The van der Waals surface area contributed by atoms with Crippen molar-refractivity contribution in [1.29, 1.82) is 0 Å². The summed E-state index contributed by atoms with van der Waals surface area (Å²) in [6.45, 7) is 9.51. The van der Waals surface area contributed by atoms with E-state index in [0.29, 0.717) is 5.41 Å². The maximum absolute atomic E-state index is 3.66. The zero-order chi connectivity index (χ0) is 10.9. The highest BCUT2D eigenvalue weighted by atomic mass is 14.9. The molecule has 1 nitrogen and oxygen atoms in total. The van der Waals surface area contributed by atoms with E-state index < -0.39 is 0 Å². The normalized spacial score (nSPS) is 38.4. The number of hydrogen-bond acceptors (Lipinski definition) is 1. The fourth-order valence-corrected chi connectivity index (χ4v) is 3.79. The number of rotatable bonds is 6. The third-order valence-corrected chi connectivity index (χ3v) is 4.23. The van der Waals surface area contributed by atoms with Gasteiger partial charge in [-0.2, -0.15) is 0 Å². The van der Waals surface area contributed by atoms with E-state index in [1.807, 2.05) is 0 Å². The number of hydrogen-bond donors (Lipinski definition) is 1. The molecule has 1 N–H and O–H groups in total. The molecule has 0 saturated heterocycles. The molecule has 1 heteroatoms. The molecule has 2 fully saturated rings. The third kappa shape index (κ3) is 2.75. The molecule has 0 heterocycles. The van der Waals surface area contributed by atoms with Gasteiger partial charge in [-0.1, -0.05) is 20.8 Å². The molecule has 2 atom stereocenters. The molecule has 0 bridgehead atoms. The highest BCUT2D eigenvalue weighted by Gasteiger charge is 2.53. The summed E-state index contributed by atoms with van der Waals surface area (Å²) in [5.41, 5.74) is 0.678. The van der Waals surface area contributed by atoms with Gasteiger partial charge in [-0.05, 0) is 61.8 Å². The Hall–Kier alpha value is -0.0400. The Kier molecular flexibility index (Phi) is 3.39. The molecule has 0 aliphatic heterocycles. The van der Waals surface area contributed by atoms with Gasteiger partial charge in [-0.25, -0.2) is 0 Å². The Morgan fingerprint density at radius 2 is 1.93 bits per heavy atom. The molecule has 0 aromatic heterocycles. The second-order valence-electron chi connectivity index (χ2n) is 6.44. The lowest BCUT2D eigenvalue weighted by molar-refractivity contribution is 0.201. The summed E-state index contributed by atoms with van der Waals surface area (Å²) in [6.07, 6.45) is 7.30. The molecular formula is C14H27N. The van der Waals surface area contributed by atoms with Gasteiger partial charge in [-0.15, -0.1) is 0 Å². The highest BCUT2D eigenvalue weighted by Crippen LogP contribution is 2.61. The van der Waals surface area contributed by atoms with Crippen LogP contribution in [-0.4, -0.2) is 13.1 Å². The molecule has 2 aliphatic rings. The quantitative estimate of drug-likeness (QED) is 0.661. The van der Waals surface area contributed by atoms with Crippen molar-refractivity contribution in [3.8, 4) is 0 Å². The fraction of sp³-hybridized carbons (Fsp3) is 1.00. The summed E-state index contributed by atoms with van der Waals surface area (Å²) in [5.74, 6) is 3.10. The average Bonchev–Trinajstić information content (AvgIpc) is 2.74. The molecular weight excluding hydrogens is 182 g/mol. The van der Waals surface area contributed by atoms with Gasteiger partial charge in [0.05, 0.1) is 0 Å². The second-order valence-corrected chi connectivity index (χ2v) is 6.44. The van der Waals surface area contributed by atoms with Crippen molar-refractivity contribution >= 4 is 0 Å². The van der Waals surface area contributed by atoms with Crippen LogP contribution in [0.3, 0.4) is 0 Å². The van der Waals surface area contributed by atoms with Crippen molar-refractivity contribution in [2.75, 3.05) is 13.1 Å². The summed E-state index contributed by atoms with van der Waals surface area (Å²) in [6, 6.07) is 0. The van der Waals surface area contributed by atoms with E-state index in [1.54, 1.807) is 6.42 Å². The first-order chi connectivity index (χ1) is 7.15. The van der Waals surface area contributed by atoms with Gasteiger partial charge in [0.25, 0.3) is 0 Å². The van der Waals surface area contributed by atoms with Gasteiger partial charge in [0.1, 0.15) is 0 Å². The molecule has 0 aromatic rings. The second kappa shape index (κ2) is 4.45. The largest absolute Gasteiger partial charge is 0.316 e. The predicted molar refractivity (Wildman–Crippen MR) is 65.9 cm³/mol. The minimum absolute atomic E-state index is 0.678. The van der Waals surface area contributed by atoms with Gasteiger partial charge >= 0.3 is 0 Å². The first-order valence-electron chi connectivity index (χ1n) is 6.86. The minimum atomic E-state index is 0.678. The molecule has 2 unspecified atom stereocenters. The SMILES string of the molecule is CCCNCC1(CC(C)C)CC2CC2C1. The van der Waals surface area contributed by atoms with Crippen LogP contribution < -0.4 is 5.32 Å². The van der Waals surface area contributed by atoms with Crippen LogP contribution in [0, 0.1) is 23.2 Å². The van der Waals surface area contributed by atoms with Crippen molar-refractivity contribution in [3.05, 3.63) is 0 Å². The summed E-state index contributed by atoms with van der Waals surface area (Å²) < 4.78 is 0. The average molecular weight is 209 g/mol. The summed E-state index contributed by atoms with van der Waals surface area (Å²) in [5, 5.41) is 3.66. The molecule has 0 radical (unpaired) electrons. The van der Waals surface area contributed by atoms with Gasteiger partial charge in [0.15, 0.2) is 0 Å². The highest BCUT2D eigenvalue weighted by molar-refractivity contribution is 5.04. The zero-order valence-electron chi connectivity index (χ0n) is 10.7. The molecule has 88 valence electrons. The molecule has 0 aromatic carbocycles. The van der Waals surface area contributed by atoms with Gasteiger partial charge in [0.2, 0.25) is 0 Å². The lowest BCUT2D eigenvalue weighted by atomic mass is 9.76. The number of nitrogens with one attached hydrogen (secondary N) is 1. The van der Waals surface area contributed by atoms with E-state index in [1.165, 1.54) is 38.8 Å². The van der Waals surface area contributed by atoms with Crippen molar-refractivity contribution < 1.29 is 0 Å². The van der Waals surface area contributed by atoms with E-state index in [4.69, 9.17) is 0 Å². The Labute approximate surface area is 95.0 Å². The first kappa shape index (κ1) is 11.4. The van der Waals surface area contributed by atoms with E-state index in [2.05, 4.69) is 26.1 Å². The van der Waals surface area contributed by atoms with E-state index >= 15 is 0 Å². The molecule has 2 aliphatic carbocycles. The fourth-order valence-electron chi connectivity index (χ4n) is 3.79. The Morgan fingerprint density at radius 1 is 1.27 bits per heavy atom. The van der Waals surface area contributed by atoms with Gasteiger partial charge < -0.3 is 5.32 Å². The van der Waals surface area contributed by atoms with Gasteiger partial charge in [0, 0.05) is 6.54 Å². The zero-order valence-corrected chi connectivity index (χ0v) is 10.7. The third-order valence-electron chi connectivity index (χ3n) is 4.23. The Morgan fingerprint density at radius 3 is 2.47 bits per heavy atom. The Bertz CT molecular complexity index is 199. The van der Waals surface area contributed by atoms with Crippen molar-refractivity contribution in [1.82, 2.24) is 5.32 Å². The van der Waals surface area contributed by atoms with Crippen LogP contribution in [0.25, 0.3) is 0 Å². The monoisotopic (exact) mass is 209 g/mol. The molecule has 0 spiro atoms. The first-order valence-corrected chi connectivity index (χ1v) is 6.86. The van der Waals surface area contributed by atoms with Crippen molar-refractivity contribution in [2.24, 2.45) is 23.2 Å². The minimum Gasteiger partial charge on any atom is -0.316 e. The van der Waals surface area contributed by atoms with Crippen LogP contribution in [0.4, 0.5) is 0 Å². The Balaban J connectivity index is 1.85. The van der Waals surface area contributed by atoms with Crippen molar-refractivity contribution in [2.45, 2.75) is 52.9 Å². The standard InChI is InChI=1S/C14H27N/c1-4-5-15-10-14(7-11(2)3)8-12-6-13(12)9-14/h11-13,15H,4-10H2,1-3H3. The van der Waals surface area contributed by atoms with Crippen LogP contribution in [0.5, 0.6) is 0 Å². The van der Waals surface area contributed by atoms with Gasteiger partial charge in [-0.3, -0.25) is 0 Å². The predicted octanol–water partition coefficient (Wildman–Crippen LogP) is 3.45. The maximum atomic E-state index is 3.66. The van der Waals surface area contributed by atoms with Crippen LogP contribution in [0.15, 0.2) is 0 Å². The smallest absolute Gasteiger partial charge is 0.000811 e. The molecule has 2 rings (SSSR count). The van der Waals surface area contributed by atoms with Crippen LogP contribution in [0.2, 0.25) is 0 Å². The maximum Gasteiger partial charge on any atom is 0.000811 e.